The van der Waals surface area contributed by atoms with Crippen LogP contribution in [0.15, 0.2) is 0 Å². The number of hydrogen-bond acceptors (Lipinski definition) is 3. The van der Waals surface area contributed by atoms with Crippen molar-refractivity contribution in [3.8, 4) is 0 Å². The minimum Gasteiger partial charge on any atom is -0.377 e. The summed E-state index contributed by atoms with van der Waals surface area (Å²) in [7, 11) is 1.85. The van der Waals surface area contributed by atoms with Crippen LogP contribution in [0.5, 0.6) is 0 Å². The van der Waals surface area contributed by atoms with Crippen molar-refractivity contribution in [2.24, 2.45) is 13.0 Å². The van der Waals surface area contributed by atoms with Crippen LogP contribution in [0.2, 0.25) is 5.15 Å². The average Bonchev–Trinajstić information content (AvgIpc) is 2.61. The van der Waals surface area contributed by atoms with E-state index in [-0.39, 0.29) is 0 Å². The monoisotopic (exact) mass is 271 g/mol. The van der Waals surface area contributed by atoms with E-state index in [1.54, 1.807) is 4.68 Å². The van der Waals surface area contributed by atoms with Crippen molar-refractivity contribution >= 4 is 11.6 Å². The van der Waals surface area contributed by atoms with Gasteiger partial charge in [-0.25, -0.2) is 0 Å². The van der Waals surface area contributed by atoms with Crippen molar-refractivity contribution in [1.82, 2.24) is 15.1 Å². The van der Waals surface area contributed by atoms with E-state index in [2.05, 4.69) is 10.4 Å². The first-order valence-electron chi connectivity index (χ1n) is 6.65. The molecule has 2 rings (SSSR count). The van der Waals surface area contributed by atoms with Gasteiger partial charge in [0.25, 0.3) is 0 Å². The van der Waals surface area contributed by atoms with E-state index >= 15 is 0 Å². The lowest BCUT2D eigenvalue weighted by Gasteiger charge is -2.22. The zero-order valence-corrected chi connectivity index (χ0v) is 12.0. The second-order valence-electron chi connectivity index (χ2n) is 5.03. The van der Waals surface area contributed by atoms with Crippen molar-refractivity contribution in [1.29, 1.82) is 0 Å². The van der Waals surface area contributed by atoms with E-state index in [1.807, 2.05) is 14.0 Å². The summed E-state index contributed by atoms with van der Waals surface area (Å²) >= 11 is 6.15. The number of aromatic nitrogens is 2. The molecule has 0 spiro atoms. The number of halogens is 1. The highest BCUT2D eigenvalue weighted by Crippen LogP contribution is 2.20. The molecule has 1 aromatic rings. The highest BCUT2D eigenvalue weighted by Gasteiger charge is 2.14. The lowest BCUT2D eigenvalue weighted by molar-refractivity contribution is 0.103. The molecule has 1 aromatic heterocycles. The molecule has 0 bridgehead atoms. The summed E-state index contributed by atoms with van der Waals surface area (Å²) in [5.41, 5.74) is 1.97. The normalized spacial score (nSPS) is 20.3. The Kier molecular flexibility index (Phi) is 5.03. The Balaban J connectivity index is 1.71. The molecular weight excluding hydrogens is 250 g/mol. The molecule has 1 aliphatic heterocycles. The Morgan fingerprint density at radius 3 is 3.00 bits per heavy atom. The van der Waals surface area contributed by atoms with Crippen molar-refractivity contribution in [3.63, 3.8) is 0 Å². The number of ether oxygens (including phenoxy) is 1. The van der Waals surface area contributed by atoms with E-state index < -0.39 is 0 Å². The Hall–Kier alpha value is -0.580. The van der Waals surface area contributed by atoms with Gasteiger partial charge in [0.2, 0.25) is 0 Å². The number of nitrogens with one attached hydrogen (secondary N) is 1. The molecule has 1 unspecified atom stereocenters. The first kappa shape index (κ1) is 13.8. The van der Waals surface area contributed by atoms with Gasteiger partial charge in [0.05, 0.1) is 12.3 Å². The molecule has 0 radical (unpaired) electrons. The van der Waals surface area contributed by atoms with E-state index in [0.29, 0.717) is 11.8 Å². The van der Waals surface area contributed by atoms with Crippen LogP contribution in [0.4, 0.5) is 0 Å². The molecule has 0 amide bonds. The molecule has 1 saturated heterocycles. The summed E-state index contributed by atoms with van der Waals surface area (Å²) in [6, 6.07) is 0. The first-order chi connectivity index (χ1) is 8.68. The molecule has 1 atom stereocenters. The summed E-state index contributed by atoms with van der Waals surface area (Å²) in [4.78, 5) is 0. The Bertz CT molecular complexity index is 386. The highest BCUT2D eigenvalue weighted by molar-refractivity contribution is 6.30. The number of nitrogens with zero attached hydrogens (tertiary/aromatic N) is 2. The van der Waals surface area contributed by atoms with Gasteiger partial charge in [0, 0.05) is 19.2 Å². The molecule has 5 heteroatoms. The number of piperidine rings is 1. The maximum absolute atomic E-state index is 6.15. The number of hydrogen-bond donors (Lipinski definition) is 1. The van der Waals surface area contributed by atoms with Gasteiger partial charge in [-0.3, -0.25) is 4.68 Å². The van der Waals surface area contributed by atoms with Gasteiger partial charge in [0.1, 0.15) is 5.15 Å². The molecule has 2 heterocycles. The standard InChI is InChI=1S/C13H22ClN3O/c1-10-12(13(14)17(2)16-10)9-18-7-5-11-4-3-6-15-8-11/h11,15H,3-9H2,1-2H3. The second kappa shape index (κ2) is 6.55. The molecule has 1 aliphatic rings. The van der Waals surface area contributed by atoms with Crippen LogP contribution in [-0.4, -0.2) is 29.5 Å². The van der Waals surface area contributed by atoms with Gasteiger partial charge in [-0.2, -0.15) is 5.10 Å². The zero-order chi connectivity index (χ0) is 13.0. The Labute approximate surface area is 114 Å². The van der Waals surface area contributed by atoms with Gasteiger partial charge in [-0.05, 0) is 45.2 Å². The van der Waals surface area contributed by atoms with E-state index in [9.17, 15) is 0 Å². The fraction of sp³-hybridized carbons (Fsp3) is 0.769. The lowest BCUT2D eigenvalue weighted by atomic mass is 9.97. The second-order valence-corrected chi connectivity index (χ2v) is 5.39. The summed E-state index contributed by atoms with van der Waals surface area (Å²) in [5, 5.41) is 8.39. The number of rotatable bonds is 5. The topological polar surface area (TPSA) is 39.1 Å². The van der Waals surface area contributed by atoms with Crippen LogP contribution in [-0.2, 0) is 18.4 Å². The third-order valence-corrected chi connectivity index (χ3v) is 4.06. The fourth-order valence-corrected chi connectivity index (χ4v) is 2.66. The van der Waals surface area contributed by atoms with Crippen molar-refractivity contribution in [2.75, 3.05) is 19.7 Å². The van der Waals surface area contributed by atoms with Crippen LogP contribution in [0.25, 0.3) is 0 Å². The third kappa shape index (κ3) is 3.46. The maximum Gasteiger partial charge on any atom is 0.132 e. The predicted molar refractivity (Wildman–Crippen MR) is 72.8 cm³/mol. The molecule has 0 aromatic carbocycles. The molecular formula is C13H22ClN3O. The quantitative estimate of drug-likeness (QED) is 0.835. The van der Waals surface area contributed by atoms with Gasteiger partial charge < -0.3 is 10.1 Å². The van der Waals surface area contributed by atoms with Gasteiger partial charge in [0.15, 0.2) is 0 Å². The zero-order valence-electron chi connectivity index (χ0n) is 11.2. The summed E-state index contributed by atoms with van der Waals surface area (Å²) in [6.45, 7) is 5.64. The minimum atomic E-state index is 0.568. The average molecular weight is 272 g/mol. The van der Waals surface area contributed by atoms with Gasteiger partial charge >= 0.3 is 0 Å². The summed E-state index contributed by atoms with van der Waals surface area (Å²) in [6.07, 6.45) is 3.74. The molecule has 102 valence electrons. The van der Waals surface area contributed by atoms with Crippen LogP contribution in [0, 0.1) is 12.8 Å². The molecule has 1 fully saturated rings. The van der Waals surface area contributed by atoms with Gasteiger partial charge in [-0.1, -0.05) is 11.6 Å². The third-order valence-electron chi connectivity index (χ3n) is 3.59. The SMILES string of the molecule is Cc1nn(C)c(Cl)c1COCCC1CCCNC1. The summed E-state index contributed by atoms with van der Waals surface area (Å²) in [5.74, 6) is 0.768. The summed E-state index contributed by atoms with van der Waals surface area (Å²) < 4.78 is 7.43. The molecule has 0 saturated carbocycles. The Morgan fingerprint density at radius 2 is 2.39 bits per heavy atom. The van der Waals surface area contributed by atoms with Crippen molar-refractivity contribution in [2.45, 2.75) is 32.8 Å². The molecule has 4 nitrogen and oxygen atoms in total. The molecule has 0 aliphatic carbocycles. The highest BCUT2D eigenvalue weighted by atomic mass is 35.5. The lowest BCUT2D eigenvalue weighted by Crippen LogP contribution is -2.30. The van der Waals surface area contributed by atoms with Crippen LogP contribution in [0.3, 0.4) is 0 Å². The van der Waals surface area contributed by atoms with Crippen LogP contribution in [0.1, 0.15) is 30.5 Å². The van der Waals surface area contributed by atoms with Crippen molar-refractivity contribution < 1.29 is 4.74 Å². The van der Waals surface area contributed by atoms with E-state index in [4.69, 9.17) is 16.3 Å². The Morgan fingerprint density at radius 1 is 1.56 bits per heavy atom. The minimum absolute atomic E-state index is 0.568. The van der Waals surface area contributed by atoms with E-state index in [0.717, 1.165) is 36.7 Å². The smallest absolute Gasteiger partial charge is 0.132 e. The van der Waals surface area contributed by atoms with Crippen molar-refractivity contribution in [3.05, 3.63) is 16.4 Å². The number of aryl methyl sites for hydroxylation is 2. The fourth-order valence-electron chi connectivity index (χ4n) is 2.43. The van der Waals surface area contributed by atoms with Gasteiger partial charge in [-0.15, -0.1) is 0 Å². The van der Waals surface area contributed by atoms with Crippen LogP contribution < -0.4 is 5.32 Å². The first-order valence-corrected chi connectivity index (χ1v) is 7.02. The van der Waals surface area contributed by atoms with Crippen LogP contribution >= 0.6 is 11.6 Å². The predicted octanol–water partition coefficient (Wildman–Crippen LogP) is 2.29. The maximum atomic E-state index is 6.15. The molecule has 18 heavy (non-hydrogen) atoms. The largest absolute Gasteiger partial charge is 0.377 e. The van der Waals surface area contributed by atoms with E-state index in [1.165, 1.54) is 19.4 Å². The molecule has 1 N–H and O–H groups in total.